The van der Waals surface area contributed by atoms with Crippen LogP contribution in [-0.4, -0.2) is 77.4 Å². The maximum atomic E-state index is 14.6. The number of hydrogen-bond acceptors (Lipinski definition) is 15. The number of carbonyl (C=O) groups is 3. The van der Waals surface area contributed by atoms with Gasteiger partial charge >= 0.3 is 5.97 Å². The SMILES string of the molecule is Cn1nnnc1SC=CC1=C(C(=O)OC(c2ccccc2)c2ccccc2)N2C(=O)C(NC(=O)C(=NOCC#N)c3csc(NC(c4ccccc4)(c4ccccc4)c4ccccc4)n3)C2SC1. The number of tetrazole rings is 1. The van der Waals surface area contributed by atoms with E-state index in [2.05, 4.69) is 31.3 Å². The van der Waals surface area contributed by atoms with Crippen molar-refractivity contribution in [2.45, 2.75) is 28.2 Å². The summed E-state index contributed by atoms with van der Waals surface area (Å²) < 4.78 is 7.83. The molecule has 2 N–H and O–H groups in total. The number of esters is 1. The predicted octanol–water partition coefficient (Wildman–Crippen LogP) is 7.61. The second-order valence-corrected chi connectivity index (χ2v) is 18.1. The highest BCUT2D eigenvalue weighted by Crippen LogP contribution is 2.43. The number of allylic oxidation sites excluding steroid dienone is 1. The third-order valence-corrected chi connectivity index (χ3v) is 14.0. The normalized spacial score (nSPS) is 15.9. The number of anilines is 1. The minimum absolute atomic E-state index is 0.0502. The van der Waals surface area contributed by atoms with Crippen molar-refractivity contribution in [3.05, 3.63) is 213 Å². The Morgan fingerprint density at radius 1 is 0.897 bits per heavy atom. The molecule has 0 aliphatic carbocycles. The summed E-state index contributed by atoms with van der Waals surface area (Å²) in [7, 11) is 1.71. The Balaban J connectivity index is 1.00. The number of fused-ring (bicyclic) bond motifs is 1. The lowest BCUT2D eigenvalue weighted by Crippen LogP contribution is -2.71. The molecule has 5 aromatic carbocycles. The number of thioether (sulfide) groups is 2. The molecule has 9 rings (SSSR count). The van der Waals surface area contributed by atoms with Crippen LogP contribution in [-0.2, 0) is 36.5 Å². The number of rotatable bonds is 17. The number of thiazole rings is 1. The minimum atomic E-state index is -1.07. The summed E-state index contributed by atoms with van der Waals surface area (Å²) in [6.45, 7) is -0.440. The van der Waals surface area contributed by atoms with E-state index in [1.54, 1.807) is 23.9 Å². The maximum absolute atomic E-state index is 14.6. The van der Waals surface area contributed by atoms with Crippen molar-refractivity contribution in [3.63, 3.8) is 0 Å². The molecule has 338 valence electrons. The number of amides is 2. The van der Waals surface area contributed by atoms with Gasteiger partial charge in [-0.3, -0.25) is 14.5 Å². The largest absolute Gasteiger partial charge is 0.448 e. The van der Waals surface area contributed by atoms with E-state index in [1.165, 1.54) is 44.4 Å². The lowest BCUT2D eigenvalue weighted by Gasteiger charge is -2.49. The molecule has 0 bridgehead atoms. The van der Waals surface area contributed by atoms with Crippen molar-refractivity contribution in [1.29, 1.82) is 5.26 Å². The number of carbonyl (C=O) groups excluding carboxylic acids is 3. The van der Waals surface area contributed by atoms with Crippen molar-refractivity contribution in [2.75, 3.05) is 17.7 Å². The van der Waals surface area contributed by atoms with Crippen LogP contribution in [0, 0.1) is 11.3 Å². The van der Waals surface area contributed by atoms with Crippen LogP contribution in [0.15, 0.2) is 190 Å². The van der Waals surface area contributed by atoms with Crippen molar-refractivity contribution in [3.8, 4) is 6.07 Å². The van der Waals surface area contributed by atoms with Crippen LogP contribution in [0.25, 0.3) is 0 Å². The van der Waals surface area contributed by atoms with Crippen molar-refractivity contribution in [2.24, 2.45) is 12.2 Å². The molecule has 2 atom stereocenters. The zero-order valence-corrected chi connectivity index (χ0v) is 38.6. The number of aromatic nitrogens is 5. The minimum Gasteiger partial charge on any atom is -0.448 e. The van der Waals surface area contributed by atoms with E-state index in [1.807, 2.05) is 158 Å². The van der Waals surface area contributed by atoms with Crippen LogP contribution in [0.5, 0.6) is 0 Å². The molecule has 0 spiro atoms. The summed E-state index contributed by atoms with van der Waals surface area (Å²) in [5.41, 5.74) is 3.90. The molecule has 68 heavy (non-hydrogen) atoms. The van der Waals surface area contributed by atoms with E-state index in [-0.39, 0.29) is 17.1 Å². The molecule has 2 aromatic heterocycles. The van der Waals surface area contributed by atoms with Gasteiger partial charge in [0.1, 0.15) is 34.4 Å². The summed E-state index contributed by atoms with van der Waals surface area (Å²) in [6, 6.07) is 49.5. The van der Waals surface area contributed by atoms with Gasteiger partial charge in [0.15, 0.2) is 16.9 Å². The van der Waals surface area contributed by atoms with Crippen molar-refractivity contribution in [1.82, 2.24) is 35.4 Å². The summed E-state index contributed by atoms with van der Waals surface area (Å²) in [4.78, 5) is 54.8. The average Bonchev–Trinajstić information content (AvgIpc) is 4.04. The fourth-order valence-electron chi connectivity index (χ4n) is 7.93. The Morgan fingerprint density at radius 3 is 2.01 bits per heavy atom. The summed E-state index contributed by atoms with van der Waals surface area (Å²) in [6.07, 6.45) is 0.954. The molecular formula is C50H40N10O5S3. The van der Waals surface area contributed by atoms with Crippen LogP contribution in [0.1, 0.15) is 39.6 Å². The van der Waals surface area contributed by atoms with Gasteiger partial charge in [0.05, 0.1) is 0 Å². The quantitative estimate of drug-likeness (QED) is 0.0173. The van der Waals surface area contributed by atoms with E-state index in [0.717, 1.165) is 27.8 Å². The highest BCUT2D eigenvalue weighted by Gasteiger charge is 2.55. The van der Waals surface area contributed by atoms with Crippen molar-refractivity contribution >= 4 is 63.5 Å². The zero-order valence-electron chi connectivity index (χ0n) is 36.2. The van der Waals surface area contributed by atoms with Gasteiger partial charge in [0.2, 0.25) is 11.8 Å². The van der Waals surface area contributed by atoms with Crippen LogP contribution in [0.2, 0.25) is 0 Å². The Morgan fingerprint density at radius 2 is 1.47 bits per heavy atom. The molecular weight excluding hydrogens is 917 g/mol. The van der Waals surface area contributed by atoms with Crippen molar-refractivity contribution < 1.29 is 24.0 Å². The first kappa shape index (κ1) is 45.3. The van der Waals surface area contributed by atoms with E-state index in [4.69, 9.17) is 14.6 Å². The third kappa shape index (κ3) is 9.40. The van der Waals surface area contributed by atoms with Gasteiger partial charge in [-0.05, 0) is 55.3 Å². The molecule has 7 aromatic rings. The summed E-state index contributed by atoms with van der Waals surface area (Å²) in [5.74, 6) is -1.73. The molecule has 18 heteroatoms. The average molecular weight is 957 g/mol. The molecule has 4 heterocycles. The molecule has 2 amide bonds. The van der Waals surface area contributed by atoms with Crippen LogP contribution in [0.3, 0.4) is 0 Å². The fraction of sp³-hybridized carbons (Fsp3) is 0.140. The maximum Gasteiger partial charge on any atom is 0.356 e. The van der Waals surface area contributed by atoms with E-state index in [0.29, 0.717) is 21.6 Å². The van der Waals surface area contributed by atoms with E-state index < -0.39 is 47.4 Å². The lowest BCUT2D eigenvalue weighted by atomic mass is 9.77. The lowest BCUT2D eigenvalue weighted by molar-refractivity contribution is -0.154. The first-order valence-corrected chi connectivity index (χ1v) is 24.0. The molecule has 1 fully saturated rings. The van der Waals surface area contributed by atoms with Gasteiger partial charge in [-0.1, -0.05) is 169 Å². The number of β-lactam (4-membered cyclic amide) rings is 1. The number of aryl methyl sites for hydroxylation is 1. The number of nitrogens with zero attached hydrogens (tertiary/aromatic N) is 8. The highest BCUT2D eigenvalue weighted by molar-refractivity contribution is 8.02. The first-order chi connectivity index (χ1) is 33.4. The summed E-state index contributed by atoms with van der Waals surface area (Å²) >= 11 is 3.87. The third-order valence-electron chi connectivity index (χ3n) is 11.1. The number of ether oxygens (including phenoxy) is 1. The van der Waals surface area contributed by atoms with Crippen LogP contribution in [0.4, 0.5) is 5.13 Å². The Hall–Kier alpha value is -7.85. The monoisotopic (exact) mass is 956 g/mol. The number of hydrogen-bond donors (Lipinski definition) is 2. The highest BCUT2D eigenvalue weighted by atomic mass is 32.2. The molecule has 2 aliphatic rings. The van der Waals surface area contributed by atoms with Gasteiger partial charge in [-0.25, -0.2) is 14.5 Å². The van der Waals surface area contributed by atoms with E-state index >= 15 is 0 Å². The van der Waals surface area contributed by atoms with Crippen LogP contribution >= 0.6 is 34.9 Å². The molecule has 0 radical (unpaired) electrons. The van der Waals surface area contributed by atoms with Crippen LogP contribution < -0.4 is 10.6 Å². The zero-order chi connectivity index (χ0) is 46.9. The predicted molar refractivity (Wildman–Crippen MR) is 260 cm³/mol. The number of nitrogens with one attached hydrogen (secondary N) is 2. The molecule has 0 saturated carbocycles. The van der Waals surface area contributed by atoms with Gasteiger partial charge < -0.3 is 20.2 Å². The smallest absolute Gasteiger partial charge is 0.356 e. The number of nitriles is 1. The molecule has 1 saturated heterocycles. The number of oxime groups is 1. The summed E-state index contributed by atoms with van der Waals surface area (Å²) in [5, 5.41) is 35.2. The topological polar surface area (TPSA) is 190 Å². The van der Waals surface area contributed by atoms with Gasteiger partial charge in [0.25, 0.3) is 11.8 Å². The Bertz CT molecular complexity index is 2900. The van der Waals surface area contributed by atoms with Gasteiger partial charge in [-0.2, -0.15) is 5.26 Å². The molecule has 2 aliphatic heterocycles. The van der Waals surface area contributed by atoms with E-state index in [9.17, 15) is 19.6 Å². The Labute approximate surface area is 403 Å². The second kappa shape index (κ2) is 20.8. The standard InChI is InChI=1S/C50H40N10O5S3/c1-59-49(55-57-58-59)66-30-27-35-31-67-46-41(45(62)60(46)42(35)47(63)65-43(33-17-7-2-8-18-33)34-19-9-3-10-20-34)53-44(61)40(56-64-29-28-51)39-32-68-48(52-39)54-50(36-21-11-4-12-22-36,37-23-13-5-14-24-37)38-25-15-6-16-26-38/h2-27,30,32,41,43,46H,29,31H2,1H3,(H,52,54)(H,53,61). The second-order valence-electron chi connectivity index (χ2n) is 15.2. The number of benzene rings is 5. The molecule has 2 unspecified atom stereocenters. The van der Waals surface area contributed by atoms with Gasteiger partial charge in [-0.15, -0.1) is 28.2 Å². The van der Waals surface area contributed by atoms with Gasteiger partial charge in [0, 0.05) is 18.2 Å². The first-order valence-electron chi connectivity index (χ1n) is 21.2. The molecule has 15 nitrogen and oxygen atoms in total. The Kier molecular flexibility index (Phi) is 13.8. The fourth-order valence-corrected chi connectivity index (χ4v) is 10.6.